The lowest BCUT2D eigenvalue weighted by Gasteiger charge is -2.07. The molecular formula is C18H17FN2O3S. The molecule has 1 heterocycles. The van der Waals surface area contributed by atoms with Crippen LogP contribution in [0.2, 0.25) is 0 Å². The van der Waals surface area contributed by atoms with Gasteiger partial charge in [0.25, 0.3) is 0 Å². The maximum Gasteiger partial charge on any atom is 0.226 e. The van der Waals surface area contributed by atoms with Gasteiger partial charge in [0.05, 0.1) is 18.4 Å². The van der Waals surface area contributed by atoms with Crippen LogP contribution < -0.4 is 14.8 Å². The van der Waals surface area contributed by atoms with E-state index in [0.29, 0.717) is 29.3 Å². The molecule has 0 atom stereocenters. The summed E-state index contributed by atoms with van der Waals surface area (Å²) in [5.41, 5.74) is 0.283. The summed E-state index contributed by atoms with van der Waals surface area (Å²) in [7, 11) is 1.61. The highest BCUT2D eigenvalue weighted by Gasteiger charge is 2.10. The molecule has 0 spiro atoms. The van der Waals surface area contributed by atoms with Crippen LogP contribution in [0.3, 0.4) is 0 Å². The second-order valence-corrected chi connectivity index (χ2v) is 6.31. The van der Waals surface area contributed by atoms with Crippen LogP contribution in [0.1, 0.15) is 12.8 Å². The fourth-order valence-electron chi connectivity index (χ4n) is 2.24. The van der Waals surface area contributed by atoms with Gasteiger partial charge >= 0.3 is 0 Å². The standard InChI is InChI=1S/C18H17FN2O3S/c1-23-12-7-9-13(10-8-12)24-11-3-6-16(22)20-18-21-17-14(19)4-2-5-15(17)25-18/h2,4-5,7-10H,3,6,11H2,1H3,(H,20,21,22). The van der Waals surface area contributed by atoms with Crippen LogP contribution >= 0.6 is 11.3 Å². The Balaban J connectivity index is 1.45. The number of aromatic nitrogens is 1. The molecule has 0 saturated heterocycles. The first-order valence-corrected chi connectivity index (χ1v) is 8.59. The van der Waals surface area contributed by atoms with E-state index in [4.69, 9.17) is 9.47 Å². The maximum atomic E-state index is 13.6. The highest BCUT2D eigenvalue weighted by molar-refractivity contribution is 7.22. The predicted octanol–water partition coefficient (Wildman–Crippen LogP) is 4.24. The Kier molecular flexibility index (Phi) is 5.45. The van der Waals surface area contributed by atoms with Gasteiger partial charge in [0.15, 0.2) is 5.13 Å². The van der Waals surface area contributed by atoms with E-state index in [9.17, 15) is 9.18 Å². The Morgan fingerprint density at radius 1 is 1.20 bits per heavy atom. The van der Waals surface area contributed by atoms with E-state index < -0.39 is 0 Å². The fraction of sp³-hybridized carbons (Fsp3) is 0.222. The summed E-state index contributed by atoms with van der Waals surface area (Å²) in [5, 5.41) is 3.11. The van der Waals surface area contributed by atoms with Crippen LogP contribution in [-0.2, 0) is 4.79 Å². The molecule has 0 bridgehead atoms. The van der Waals surface area contributed by atoms with E-state index in [1.807, 2.05) is 24.3 Å². The first kappa shape index (κ1) is 17.2. The van der Waals surface area contributed by atoms with Gasteiger partial charge in [-0.15, -0.1) is 0 Å². The lowest BCUT2D eigenvalue weighted by atomic mass is 10.3. The Labute approximate surface area is 148 Å². The molecule has 1 amide bonds. The average molecular weight is 360 g/mol. The zero-order valence-corrected chi connectivity index (χ0v) is 14.4. The number of carbonyl (C=O) groups is 1. The van der Waals surface area contributed by atoms with Gasteiger partial charge < -0.3 is 14.8 Å². The number of ether oxygens (including phenoxy) is 2. The molecule has 1 aromatic heterocycles. The van der Waals surface area contributed by atoms with Gasteiger partial charge in [-0.3, -0.25) is 4.79 Å². The minimum Gasteiger partial charge on any atom is -0.497 e. The molecule has 1 N–H and O–H groups in total. The van der Waals surface area contributed by atoms with E-state index in [2.05, 4.69) is 10.3 Å². The molecule has 130 valence electrons. The van der Waals surface area contributed by atoms with Crippen molar-refractivity contribution in [3.05, 3.63) is 48.3 Å². The summed E-state index contributed by atoms with van der Waals surface area (Å²) in [6.45, 7) is 0.425. The number of amides is 1. The number of fused-ring (bicyclic) bond motifs is 1. The summed E-state index contributed by atoms with van der Waals surface area (Å²) in [6, 6.07) is 12.0. The smallest absolute Gasteiger partial charge is 0.226 e. The molecule has 25 heavy (non-hydrogen) atoms. The van der Waals surface area contributed by atoms with Crippen molar-refractivity contribution in [2.75, 3.05) is 19.0 Å². The number of hydrogen-bond acceptors (Lipinski definition) is 5. The number of methoxy groups -OCH3 is 1. The lowest BCUT2D eigenvalue weighted by Crippen LogP contribution is -2.12. The van der Waals surface area contributed by atoms with Gasteiger partial charge in [-0.1, -0.05) is 17.4 Å². The summed E-state index contributed by atoms with van der Waals surface area (Å²) < 4.78 is 25.0. The minimum absolute atomic E-state index is 0.169. The molecule has 0 fully saturated rings. The van der Waals surface area contributed by atoms with Gasteiger partial charge in [0, 0.05) is 6.42 Å². The van der Waals surface area contributed by atoms with Crippen molar-refractivity contribution in [1.29, 1.82) is 0 Å². The zero-order valence-electron chi connectivity index (χ0n) is 13.6. The molecule has 0 unspecified atom stereocenters. The number of carbonyl (C=O) groups excluding carboxylic acids is 1. The minimum atomic E-state index is -0.387. The van der Waals surface area contributed by atoms with Crippen LogP contribution in [0.15, 0.2) is 42.5 Å². The van der Waals surface area contributed by atoms with Gasteiger partial charge in [-0.25, -0.2) is 9.37 Å². The third-order valence-electron chi connectivity index (χ3n) is 3.49. The van der Waals surface area contributed by atoms with Crippen LogP contribution in [0.5, 0.6) is 11.5 Å². The molecular weight excluding hydrogens is 343 g/mol. The van der Waals surface area contributed by atoms with Gasteiger partial charge in [0.1, 0.15) is 22.8 Å². The van der Waals surface area contributed by atoms with Crippen molar-refractivity contribution < 1.29 is 18.7 Å². The summed E-state index contributed by atoms with van der Waals surface area (Å²) in [5.74, 6) is 0.932. The number of nitrogens with one attached hydrogen (secondary N) is 1. The second kappa shape index (κ2) is 7.94. The fourth-order valence-corrected chi connectivity index (χ4v) is 3.14. The lowest BCUT2D eigenvalue weighted by molar-refractivity contribution is -0.116. The van der Waals surface area contributed by atoms with Crippen molar-refractivity contribution in [2.24, 2.45) is 0 Å². The molecule has 0 aliphatic heterocycles. The van der Waals surface area contributed by atoms with Crippen molar-refractivity contribution >= 4 is 32.6 Å². The van der Waals surface area contributed by atoms with Crippen molar-refractivity contribution in [3.63, 3.8) is 0 Å². The molecule has 0 aliphatic rings. The van der Waals surface area contributed by atoms with Gasteiger partial charge in [-0.2, -0.15) is 0 Å². The molecule has 3 aromatic rings. The molecule has 0 saturated carbocycles. The monoisotopic (exact) mass is 360 g/mol. The molecule has 2 aromatic carbocycles. The quantitative estimate of drug-likeness (QED) is 0.640. The largest absolute Gasteiger partial charge is 0.497 e. The van der Waals surface area contributed by atoms with Crippen molar-refractivity contribution in [1.82, 2.24) is 4.98 Å². The zero-order chi connectivity index (χ0) is 17.6. The Morgan fingerprint density at radius 3 is 2.68 bits per heavy atom. The summed E-state index contributed by atoms with van der Waals surface area (Å²) in [6.07, 6.45) is 0.867. The number of benzene rings is 2. The topological polar surface area (TPSA) is 60.5 Å². The van der Waals surface area contributed by atoms with Crippen molar-refractivity contribution in [2.45, 2.75) is 12.8 Å². The molecule has 5 nitrogen and oxygen atoms in total. The highest BCUT2D eigenvalue weighted by atomic mass is 32.1. The third-order valence-corrected chi connectivity index (χ3v) is 4.43. The number of halogens is 1. The Bertz CT molecular complexity index is 864. The number of thiazole rings is 1. The second-order valence-electron chi connectivity index (χ2n) is 5.28. The van der Waals surface area contributed by atoms with Crippen LogP contribution in [0, 0.1) is 5.82 Å². The summed E-state index contributed by atoms with van der Waals surface area (Å²) in [4.78, 5) is 16.1. The van der Waals surface area contributed by atoms with E-state index in [-0.39, 0.29) is 17.2 Å². The van der Waals surface area contributed by atoms with E-state index in [0.717, 1.165) is 11.5 Å². The van der Waals surface area contributed by atoms with E-state index in [1.54, 1.807) is 19.2 Å². The number of nitrogens with zero attached hydrogens (tertiary/aromatic N) is 1. The SMILES string of the molecule is COc1ccc(OCCCC(=O)Nc2nc3c(F)cccc3s2)cc1. The van der Waals surface area contributed by atoms with E-state index in [1.165, 1.54) is 17.4 Å². The normalized spacial score (nSPS) is 10.6. The Hall–Kier alpha value is -2.67. The average Bonchev–Trinajstić information content (AvgIpc) is 3.03. The molecule has 0 aliphatic carbocycles. The number of hydrogen-bond donors (Lipinski definition) is 1. The maximum absolute atomic E-state index is 13.6. The predicted molar refractivity (Wildman–Crippen MR) is 95.9 cm³/mol. The van der Waals surface area contributed by atoms with Crippen LogP contribution in [0.4, 0.5) is 9.52 Å². The summed E-state index contributed by atoms with van der Waals surface area (Å²) >= 11 is 1.25. The van der Waals surface area contributed by atoms with Gasteiger partial charge in [-0.05, 0) is 42.8 Å². The first-order valence-electron chi connectivity index (χ1n) is 7.77. The molecule has 0 radical (unpaired) electrons. The highest BCUT2D eigenvalue weighted by Crippen LogP contribution is 2.27. The van der Waals surface area contributed by atoms with Crippen LogP contribution in [0.25, 0.3) is 10.2 Å². The number of para-hydroxylation sites is 1. The number of anilines is 1. The molecule has 3 rings (SSSR count). The Morgan fingerprint density at radius 2 is 1.96 bits per heavy atom. The molecule has 7 heteroatoms. The third kappa shape index (κ3) is 4.45. The van der Waals surface area contributed by atoms with Gasteiger partial charge in [0.2, 0.25) is 5.91 Å². The number of rotatable bonds is 7. The van der Waals surface area contributed by atoms with Crippen LogP contribution in [-0.4, -0.2) is 24.6 Å². The van der Waals surface area contributed by atoms with E-state index >= 15 is 0 Å². The first-order chi connectivity index (χ1) is 12.2. The van der Waals surface area contributed by atoms with Crippen molar-refractivity contribution in [3.8, 4) is 11.5 Å².